The van der Waals surface area contributed by atoms with Gasteiger partial charge in [0, 0.05) is 42.2 Å². The van der Waals surface area contributed by atoms with Crippen molar-refractivity contribution in [3.63, 3.8) is 0 Å². The highest BCUT2D eigenvalue weighted by atomic mass is 32.2. The van der Waals surface area contributed by atoms with Gasteiger partial charge < -0.3 is 9.32 Å². The molecule has 1 aliphatic heterocycles. The van der Waals surface area contributed by atoms with Gasteiger partial charge in [-0.1, -0.05) is 12.1 Å². The summed E-state index contributed by atoms with van der Waals surface area (Å²) < 4.78 is 5.42. The molecule has 5 nitrogen and oxygen atoms in total. The molecule has 140 valence electrons. The number of piperazine rings is 1. The summed E-state index contributed by atoms with van der Waals surface area (Å²) in [5.74, 6) is 1.87. The topological polar surface area (TPSA) is 49.6 Å². The molecular formula is C20H21N3O2S2. The van der Waals surface area contributed by atoms with Gasteiger partial charge in [0.2, 0.25) is 0 Å². The Kier molecular flexibility index (Phi) is 5.91. The zero-order valence-electron chi connectivity index (χ0n) is 14.9. The van der Waals surface area contributed by atoms with Gasteiger partial charge in [-0.3, -0.25) is 9.69 Å². The number of rotatable bonds is 6. The number of hydrogen-bond acceptors (Lipinski definition) is 6. The molecule has 0 radical (unpaired) electrons. The lowest BCUT2D eigenvalue weighted by Crippen LogP contribution is -2.48. The Morgan fingerprint density at radius 1 is 1.15 bits per heavy atom. The van der Waals surface area contributed by atoms with Crippen LogP contribution in [0, 0.1) is 0 Å². The summed E-state index contributed by atoms with van der Waals surface area (Å²) in [6, 6.07) is 11.8. The van der Waals surface area contributed by atoms with E-state index in [2.05, 4.69) is 15.3 Å². The Morgan fingerprint density at radius 3 is 2.74 bits per heavy atom. The van der Waals surface area contributed by atoms with E-state index in [1.165, 1.54) is 0 Å². The molecule has 27 heavy (non-hydrogen) atoms. The number of benzene rings is 1. The summed E-state index contributed by atoms with van der Waals surface area (Å²) in [5, 5.41) is 2.05. The van der Waals surface area contributed by atoms with E-state index in [9.17, 15) is 4.79 Å². The molecule has 0 atom stereocenters. The summed E-state index contributed by atoms with van der Waals surface area (Å²) in [7, 11) is 0. The van der Waals surface area contributed by atoms with Crippen LogP contribution in [0.3, 0.4) is 0 Å². The van der Waals surface area contributed by atoms with Crippen molar-refractivity contribution >= 4 is 29.0 Å². The first-order valence-corrected chi connectivity index (χ1v) is 10.9. The van der Waals surface area contributed by atoms with Crippen molar-refractivity contribution in [3.8, 4) is 0 Å². The normalized spacial score (nSPS) is 15.2. The van der Waals surface area contributed by atoms with Gasteiger partial charge in [-0.05, 0) is 24.3 Å². The van der Waals surface area contributed by atoms with Gasteiger partial charge in [0.05, 0.1) is 29.6 Å². The second kappa shape index (κ2) is 8.73. The predicted molar refractivity (Wildman–Crippen MR) is 108 cm³/mol. The predicted octanol–water partition coefficient (Wildman–Crippen LogP) is 3.99. The average molecular weight is 400 g/mol. The fourth-order valence-electron chi connectivity index (χ4n) is 3.13. The first-order chi connectivity index (χ1) is 13.3. The highest BCUT2D eigenvalue weighted by Gasteiger charge is 2.24. The van der Waals surface area contributed by atoms with Crippen molar-refractivity contribution in [2.45, 2.75) is 17.2 Å². The van der Waals surface area contributed by atoms with Crippen molar-refractivity contribution in [2.75, 3.05) is 26.2 Å². The first kappa shape index (κ1) is 18.3. The van der Waals surface area contributed by atoms with Crippen LogP contribution in [0.2, 0.25) is 0 Å². The van der Waals surface area contributed by atoms with Crippen molar-refractivity contribution in [1.82, 2.24) is 14.8 Å². The zero-order valence-corrected chi connectivity index (χ0v) is 16.5. The Hall–Kier alpha value is -2.09. The SMILES string of the molecule is O=C(c1ccccc1SCc1cscn1)N1CCN(Cc2ccco2)CC1. The monoisotopic (exact) mass is 399 g/mol. The molecule has 3 heterocycles. The van der Waals surface area contributed by atoms with E-state index < -0.39 is 0 Å². The molecule has 1 fully saturated rings. The smallest absolute Gasteiger partial charge is 0.255 e. The number of thiazole rings is 1. The van der Waals surface area contributed by atoms with Crippen molar-refractivity contribution in [2.24, 2.45) is 0 Å². The standard InChI is InChI=1S/C20H21N3O2S2/c24-20(23-9-7-22(8-10-23)12-17-4-3-11-25-17)18-5-1-2-6-19(18)27-14-16-13-26-15-21-16/h1-6,11,13,15H,7-10,12,14H2. The van der Waals surface area contributed by atoms with Crippen molar-refractivity contribution in [3.05, 3.63) is 70.6 Å². The molecule has 1 aliphatic rings. The Bertz CT molecular complexity index is 857. The number of furan rings is 1. The fraction of sp³-hybridized carbons (Fsp3) is 0.300. The number of aromatic nitrogens is 1. The van der Waals surface area contributed by atoms with Crippen LogP contribution in [0.5, 0.6) is 0 Å². The number of amides is 1. The van der Waals surface area contributed by atoms with Gasteiger partial charge in [-0.2, -0.15) is 0 Å². The summed E-state index contributed by atoms with van der Waals surface area (Å²) >= 11 is 3.27. The van der Waals surface area contributed by atoms with Crippen LogP contribution < -0.4 is 0 Å². The largest absolute Gasteiger partial charge is 0.468 e. The maximum absolute atomic E-state index is 13.1. The molecule has 1 saturated heterocycles. The first-order valence-electron chi connectivity index (χ1n) is 8.92. The molecule has 1 amide bonds. The third kappa shape index (κ3) is 4.61. The molecule has 0 aliphatic carbocycles. The number of carbonyl (C=O) groups excluding carboxylic acids is 1. The summed E-state index contributed by atoms with van der Waals surface area (Å²) in [4.78, 5) is 22.7. The Balaban J connectivity index is 1.37. The van der Waals surface area contributed by atoms with E-state index in [-0.39, 0.29) is 5.91 Å². The van der Waals surface area contributed by atoms with Crippen LogP contribution in [0.1, 0.15) is 21.8 Å². The maximum atomic E-state index is 13.1. The molecule has 0 spiro atoms. The van der Waals surface area contributed by atoms with Crippen LogP contribution in [-0.4, -0.2) is 46.9 Å². The molecule has 1 aromatic carbocycles. The number of hydrogen-bond donors (Lipinski definition) is 0. The van der Waals surface area contributed by atoms with Crippen LogP contribution >= 0.6 is 23.1 Å². The van der Waals surface area contributed by atoms with Crippen molar-refractivity contribution in [1.29, 1.82) is 0 Å². The molecule has 3 aromatic rings. The molecule has 0 unspecified atom stereocenters. The van der Waals surface area contributed by atoms with Gasteiger partial charge in [0.1, 0.15) is 5.76 Å². The van der Waals surface area contributed by atoms with E-state index in [0.29, 0.717) is 0 Å². The van der Waals surface area contributed by atoms with Crippen LogP contribution in [0.4, 0.5) is 0 Å². The van der Waals surface area contributed by atoms with E-state index in [0.717, 1.165) is 60.4 Å². The molecule has 7 heteroatoms. The van der Waals surface area contributed by atoms with Gasteiger partial charge in [-0.15, -0.1) is 23.1 Å². The molecule has 4 rings (SSSR count). The summed E-state index contributed by atoms with van der Waals surface area (Å²) in [6.07, 6.45) is 1.70. The van der Waals surface area contributed by atoms with Crippen LogP contribution in [-0.2, 0) is 12.3 Å². The second-order valence-corrected chi connectivity index (χ2v) is 8.15. The van der Waals surface area contributed by atoms with Gasteiger partial charge in [0.15, 0.2) is 0 Å². The highest BCUT2D eigenvalue weighted by Crippen LogP contribution is 2.27. The van der Waals surface area contributed by atoms with E-state index >= 15 is 0 Å². The Morgan fingerprint density at radius 2 is 2.00 bits per heavy atom. The third-order valence-corrected chi connectivity index (χ3v) is 6.34. The van der Waals surface area contributed by atoms with Crippen LogP contribution in [0.25, 0.3) is 0 Å². The third-order valence-electron chi connectivity index (χ3n) is 4.60. The Labute approximate surface area is 167 Å². The molecule has 2 aromatic heterocycles. The van der Waals surface area contributed by atoms with Gasteiger partial charge in [0.25, 0.3) is 5.91 Å². The quantitative estimate of drug-likeness (QED) is 0.587. The molecular weight excluding hydrogens is 378 g/mol. The van der Waals surface area contributed by atoms with Gasteiger partial charge in [-0.25, -0.2) is 4.98 Å². The lowest BCUT2D eigenvalue weighted by molar-refractivity contribution is 0.0617. The average Bonchev–Trinajstić information content (AvgIpc) is 3.41. The van der Waals surface area contributed by atoms with E-state index in [1.807, 2.05) is 46.8 Å². The lowest BCUT2D eigenvalue weighted by Gasteiger charge is -2.34. The maximum Gasteiger partial charge on any atom is 0.255 e. The zero-order chi connectivity index (χ0) is 18.5. The number of thioether (sulfide) groups is 1. The minimum Gasteiger partial charge on any atom is -0.468 e. The minimum absolute atomic E-state index is 0.119. The lowest BCUT2D eigenvalue weighted by atomic mass is 10.1. The summed E-state index contributed by atoms with van der Waals surface area (Å²) in [5.41, 5.74) is 3.69. The van der Waals surface area contributed by atoms with Crippen LogP contribution in [0.15, 0.2) is 62.9 Å². The van der Waals surface area contributed by atoms with E-state index in [4.69, 9.17) is 4.42 Å². The fourth-order valence-corrected chi connectivity index (χ4v) is 4.74. The van der Waals surface area contributed by atoms with Gasteiger partial charge >= 0.3 is 0 Å². The molecule has 0 N–H and O–H groups in total. The summed E-state index contributed by atoms with van der Waals surface area (Å²) in [6.45, 7) is 4.01. The number of nitrogens with zero attached hydrogens (tertiary/aromatic N) is 3. The second-order valence-electron chi connectivity index (χ2n) is 6.41. The molecule has 0 saturated carbocycles. The van der Waals surface area contributed by atoms with Crippen molar-refractivity contribution < 1.29 is 9.21 Å². The molecule has 0 bridgehead atoms. The number of carbonyl (C=O) groups is 1. The van der Waals surface area contributed by atoms with E-state index in [1.54, 1.807) is 29.4 Å². The highest BCUT2D eigenvalue weighted by molar-refractivity contribution is 7.98. The minimum atomic E-state index is 0.119.